The van der Waals surface area contributed by atoms with Crippen LogP contribution in [0.4, 0.5) is 8.78 Å². The zero-order chi connectivity index (χ0) is 13.4. The summed E-state index contributed by atoms with van der Waals surface area (Å²) >= 11 is 0. The summed E-state index contributed by atoms with van der Waals surface area (Å²) in [6.45, 7) is 0. The zero-order valence-corrected chi connectivity index (χ0v) is 9.90. The fraction of sp³-hybridized carbons (Fsp3) is 0. The van der Waals surface area contributed by atoms with Crippen LogP contribution < -0.4 is 0 Å². The highest BCUT2D eigenvalue weighted by Crippen LogP contribution is 2.36. The first-order chi connectivity index (χ1) is 9.16. The summed E-state index contributed by atoms with van der Waals surface area (Å²) < 4.78 is 26.3. The van der Waals surface area contributed by atoms with E-state index in [1.807, 2.05) is 24.3 Å². The molecule has 0 radical (unpaired) electrons. The van der Waals surface area contributed by atoms with Gasteiger partial charge in [0.1, 0.15) is 5.75 Å². The van der Waals surface area contributed by atoms with Gasteiger partial charge in [-0.15, -0.1) is 0 Å². The predicted octanol–water partition coefficient (Wildman–Crippen LogP) is 4.49. The molecule has 3 heteroatoms. The predicted molar refractivity (Wildman–Crippen MR) is 71.0 cm³/mol. The fourth-order valence-electron chi connectivity index (χ4n) is 2.22. The monoisotopic (exact) mass is 256 g/mol. The van der Waals surface area contributed by atoms with Crippen molar-refractivity contribution in [3.05, 3.63) is 66.2 Å². The number of hydrogen-bond acceptors (Lipinski definition) is 1. The highest BCUT2D eigenvalue weighted by Gasteiger charge is 2.11. The van der Waals surface area contributed by atoms with Gasteiger partial charge in [-0.1, -0.05) is 36.4 Å². The van der Waals surface area contributed by atoms with E-state index in [1.54, 1.807) is 12.1 Å². The van der Waals surface area contributed by atoms with Gasteiger partial charge in [-0.3, -0.25) is 0 Å². The van der Waals surface area contributed by atoms with E-state index in [-0.39, 0.29) is 5.75 Å². The normalized spacial score (nSPS) is 10.8. The molecule has 0 heterocycles. The van der Waals surface area contributed by atoms with Crippen molar-refractivity contribution in [3.8, 4) is 16.9 Å². The summed E-state index contributed by atoms with van der Waals surface area (Å²) in [7, 11) is 0. The smallest absolute Gasteiger partial charge is 0.159 e. The second-order valence-electron chi connectivity index (χ2n) is 4.31. The number of aromatic hydroxyl groups is 1. The maximum Gasteiger partial charge on any atom is 0.159 e. The number of rotatable bonds is 1. The molecule has 3 rings (SSSR count). The molecule has 1 N–H and O–H groups in total. The molecule has 0 amide bonds. The molecule has 0 aliphatic carbocycles. The lowest BCUT2D eigenvalue weighted by molar-refractivity contribution is 0.478. The molecule has 0 unspecified atom stereocenters. The minimum Gasteiger partial charge on any atom is -0.507 e. The van der Waals surface area contributed by atoms with Gasteiger partial charge in [-0.2, -0.15) is 0 Å². The first kappa shape index (κ1) is 11.7. The van der Waals surface area contributed by atoms with Crippen LogP contribution in [-0.4, -0.2) is 5.11 Å². The Labute approximate surface area is 108 Å². The summed E-state index contributed by atoms with van der Waals surface area (Å²) in [5.41, 5.74) is 0.963. The van der Waals surface area contributed by atoms with Crippen LogP contribution in [0.25, 0.3) is 21.9 Å². The standard InChI is InChI=1S/C16H10F2O/c17-13-7-5-11(9-14(13)18)16-12-4-2-1-3-10(12)6-8-15(16)19/h1-9,19H. The first-order valence-corrected chi connectivity index (χ1v) is 5.83. The van der Waals surface area contributed by atoms with Crippen molar-refractivity contribution >= 4 is 10.8 Å². The van der Waals surface area contributed by atoms with E-state index < -0.39 is 11.6 Å². The van der Waals surface area contributed by atoms with Crippen molar-refractivity contribution < 1.29 is 13.9 Å². The van der Waals surface area contributed by atoms with Crippen LogP contribution in [0.5, 0.6) is 5.75 Å². The van der Waals surface area contributed by atoms with E-state index in [2.05, 4.69) is 0 Å². The minimum absolute atomic E-state index is 0.0460. The van der Waals surface area contributed by atoms with E-state index in [4.69, 9.17) is 0 Å². The van der Waals surface area contributed by atoms with Gasteiger partial charge in [0.15, 0.2) is 11.6 Å². The number of phenols is 1. The number of benzene rings is 3. The Bertz CT molecular complexity index is 766. The van der Waals surface area contributed by atoms with Crippen LogP contribution in [0.1, 0.15) is 0 Å². The number of halogens is 2. The molecular formula is C16H10F2O. The van der Waals surface area contributed by atoms with Gasteiger partial charge in [-0.05, 0) is 34.5 Å². The van der Waals surface area contributed by atoms with Gasteiger partial charge >= 0.3 is 0 Å². The number of hydrogen-bond donors (Lipinski definition) is 1. The van der Waals surface area contributed by atoms with E-state index in [1.165, 1.54) is 6.07 Å². The van der Waals surface area contributed by atoms with Crippen LogP contribution in [-0.2, 0) is 0 Å². The third-order valence-corrected chi connectivity index (χ3v) is 3.12. The van der Waals surface area contributed by atoms with Crippen LogP contribution >= 0.6 is 0 Å². The third kappa shape index (κ3) is 1.93. The molecular weight excluding hydrogens is 246 g/mol. The second-order valence-corrected chi connectivity index (χ2v) is 4.31. The van der Waals surface area contributed by atoms with Gasteiger partial charge in [0, 0.05) is 5.56 Å². The van der Waals surface area contributed by atoms with Crippen molar-refractivity contribution in [1.29, 1.82) is 0 Å². The number of phenolic OH excluding ortho intramolecular Hbond substituents is 1. The van der Waals surface area contributed by atoms with Gasteiger partial charge < -0.3 is 5.11 Å². The molecule has 0 atom stereocenters. The Morgan fingerprint density at radius 3 is 2.37 bits per heavy atom. The van der Waals surface area contributed by atoms with Crippen LogP contribution in [0.2, 0.25) is 0 Å². The Balaban J connectivity index is 2.34. The molecule has 0 saturated carbocycles. The summed E-state index contributed by atoms with van der Waals surface area (Å²) in [4.78, 5) is 0. The van der Waals surface area contributed by atoms with Crippen LogP contribution in [0.3, 0.4) is 0 Å². The molecule has 1 nitrogen and oxygen atoms in total. The van der Waals surface area contributed by atoms with Gasteiger partial charge in [-0.25, -0.2) is 8.78 Å². The van der Waals surface area contributed by atoms with E-state index in [0.29, 0.717) is 11.1 Å². The molecule has 0 spiro atoms. The fourth-order valence-corrected chi connectivity index (χ4v) is 2.22. The van der Waals surface area contributed by atoms with Crippen molar-refractivity contribution in [2.24, 2.45) is 0 Å². The van der Waals surface area contributed by atoms with Crippen LogP contribution in [0.15, 0.2) is 54.6 Å². The molecule has 0 aliphatic heterocycles. The van der Waals surface area contributed by atoms with Crippen molar-refractivity contribution in [2.75, 3.05) is 0 Å². The first-order valence-electron chi connectivity index (χ1n) is 5.83. The quantitative estimate of drug-likeness (QED) is 0.680. The molecule has 0 aromatic heterocycles. The Morgan fingerprint density at radius 2 is 1.58 bits per heavy atom. The highest BCUT2D eigenvalue weighted by molar-refractivity contribution is 5.99. The lowest BCUT2D eigenvalue weighted by Gasteiger charge is -2.09. The molecule has 3 aromatic carbocycles. The third-order valence-electron chi connectivity index (χ3n) is 3.12. The molecule has 0 bridgehead atoms. The minimum atomic E-state index is -0.926. The van der Waals surface area contributed by atoms with E-state index in [9.17, 15) is 13.9 Å². The molecule has 0 aliphatic rings. The summed E-state index contributed by atoms with van der Waals surface area (Å²) in [5.74, 6) is -1.78. The summed E-state index contributed by atoms with van der Waals surface area (Å²) in [6, 6.07) is 14.4. The lowest BCUT2D eigenvalue weighted by Crippen LogP contribution is -1.87. The van der Waals surface area contributed by atoms with Crippen LogP contribution in [0, 0.1) is 11.6 Å². The Morgan fingerprint density at radius 1 is 0.789 bits per heavy atom. The van der Waals surface area contributed by atoms with Gasteiger partial charge in [0.2, 0.25) is 0 Å². The van der Waals surface area contributed by atoms with Crippen molar-refractivity contribution in [2.45, 2.75) is 0 Å². The molecule has 0 fully saturated rings. The summed E-state index contributed by atoms with van der Waals surface area (Å²) in [6.07, 6.45) is 0. The van der Waals surface area contributed by atoms with Crippen molar-refractivity contribution in [1.82, 2.24) is 0 Å². The average molecular weight is 256 g/mol. The second kappa shape index (κ2) is 4.35. The lowest BCUT2D eigenvalue weighted by atomic mass is 9.97. The Hall–Kier alpha value is -2.42. The van der Waals surface area contributed by atoms with Gasteiger partial charge in [0.05, 0.1) is 0 Å². The number of fused-ring (bicyclic) bond motifs is 1. The Kier molecular flexibility index (Phi) is 2.67. The van der Waals surface area contributed by atoms with Crippen molar-refractivity contribution in [3.63, 3.8) is 0 Å². The average Bonchev–Trinajstić information content (AvgIpc) is 2.42. The molecule has 3 aromatic rings. The highest BCUT2D eigenvalue weighted by atomic mass is 19.2. The molecule has 94 valence electrons. The van der Waals surface area contributed by atoms with E-state index >= 15 is 0 Å². The van der Waals surface area contributed by atoms with E-state index in [0.717, 1.165) is 22.9 Å². The topological polar surface area (TPSA) is 20.2 Å². The zero-order valence-electron chi connectivity index (χ0n) is 9.90. The maximum absolute atomic E-state index is 13.3. The summed E-state index contributed by atoms with van der Waals surface area (Å²) in [5, 5.41) is 11.7. The largest absolute Gasteiger partial charge is 0.507 e. The molecule has 0 saturated heterocycles. The van der Waals surface area contributed by atoms with Gasteiger partial charge in [0.25, 0.3) is 0 Å². The maximum atomic E-state index is 13.3. The molecule has 19 heavy (non-hydrogen) atoms. The SMILES string of the molecule is Oc1ccc2ccccc2c1-c1ccc(F)c(F)c1.